The van der Waals surface area contributed by atoms with Crippen molar-refractivity contribution in [3.8, 4) is 17.0 Å². The zero-order chi connectivity index (χ0) is 22.4. The van der Waals surface area contributed by atoms with E-state index in [9.17, 15) is 14.7 Å². The molecule has 2 amide bonds. The van der Waals surface area contributed by atoms with Gasteiger partial charge in [0.2, 0.25) is 0 Å². The van der Waals surface area contributed by atoms with Gasteiger partial charge in [-0.25, -0.2) is 4.79 Å². The number of aromatic nitrogens is 2. The van der Waals surface area contributed by atoms with E-state index in [4.69, 9.17) is 23.2 Å². The summed E-state index contributed by atoms with van der Waals surface area (Å²) >= 11 is 12.2. The molecule has 2 saturated carbocycles. The number of hydrogen-bond acceptors (Lipinski definition) is 4. The fourth-order valence-corrected chi connectivity index (χ4v) is 4.13. The monoisotopic (exact) mass is 470 g/mol. The van der Waals surface area contributed by atoms with E-state index in [1.165, 1.54) is 10.7 Å². The largest absolute Gasteiger partial charge is 0.507 e. The molecule has 0 aliphatic heterocycles. The van der Waals surface area contributed by atoms with Crippen molar-refractivity contribution in [3.63, 3.8) is 0 Å². The summed E-state index contributed by atoms with van der Waals surface area (Å²) in [5, 5.41) is 21.2. The molecule has 0 saturated heterocycles. The van der Waals surface area contributed by atoms with E-state index in [2.05, 4.69) is 15.7 Å². The van der Waals surface area contributed by atoms with Gasteiger partial charge in [0.25, 0.3) is 5.91 Å². The zero-order valence-corrected chi connectivity index (χ0v) is 18.5. The molecule has 32 heavy (non-hydrogen) atoms. The SMILES string of the molecule is O=C(Nc1ccc(-c2cc(C3CC3)n(C(=O)NC3CC3)n2)c(O)c1)c1c(Cl)cccc1Cl. The van der Waals surface area contributed by atoms with Crippen LogP contribution in [0.15, 0.2) is 42.5 Å². The Morgan fingerprint density at radius 3 is 2.38 bits per heavy atom. The molecule has 0 unspecified atom stereocenters. The number of nitrogens with zero attached hydrogens (tertiary/aromatic N) is 2. The van der Waals surface area contributed by atoms with Crippen LogP contribution in [0.25, 0.3) is 11.3 Å². The third-order valence-corrected chi connectivity index (χ3v) is 6.18. The van der Waals surface area contributed by atoms with Crippen molar-refractivity contribution in [3.05, 3.63) is 63.8 Å². The Labute approximate surface area is 194 Å². The maximum Gasteiger partial charge on any atom is 0.342 e. The molecule has 7 nitrogen and oxygen atoms in total. The molecule has 2 aromatic carbocycles. The first-order valence-electron chi connectivity index (χ1n) is 10.4. The smallest absolute Gasteiger partial charge is 0.342 e. The number of phenols is 1. The molecule has 0 bridgehead atoms. The number of carbonyl (C=O) groups is 2. The van der Waals surface area contributed by atoms with Gasteiger partial charge in [-0.3, -0.25) is 4.79 Å². The van der Waals surface area contributed by atoms with Gasteiger partial charge in [-0.05, 0) is 56.0 Å². The van der Waals surface area contributed by atoms with Crippen LogP contribution in [0.4, 0.5) is 10.5 Å². The molecule has 3 aromatic rings. The number of anilines is 1. The van der Waals surface area contributed by atoms with Crippen molar-refractivity contribution in [2.75, 3.05) is 5.32 Å². The minimum atomic E-state index is -0.482. The number of phenolic OH excluding ortho intramolecular Hbond substituents is 1. The molecule has 0 atom stereocenters. The minimum absolute atomic E-state index is 0.0670. The first-order chi connectivity index (χ1) is 15.4. The number of benzene rings is 2. The second-order valence-electron chi connectivity index (χ2n) is 8.15. The number of nitrogens with one attached hydrogen (secondary N) is 2. The number of aromatic hydroxyl groups is 1. The topological polar surface area (TPSA) is 96.3 Å². The summed E-state index contributed by atoms with van der Waals surface area (Å²) in [4.78, 5) is 25.2. The van der Waals surface area contributed by atoms with Gasteiger partial charge in [-0.2, -0.15) is 9.78 Å². The lowest BCUT2D eigenvalue weighted by Crippen LogP contribution is -2.32. The lowest BCUT2D eigenvalue weighted by molar-refractivity contribution is 0.102. The van der Waals surface area contributed by atoms with Crippen molar-refractivity contribution in [1.82, 2.24) is 15.1 Å². The summed E-state index contributed by atoms with van der Waals surface area (Å²) in [5.74, 6) is -0.241. The Hall–Kier alpha value is -3.03. The van der Waals surface area contributed by atoms with Crippen LogP contribution in [0.5, 0.6) is 5.75 Å². The van der Waals surface area contributed by atoms with Gasteiger partial charge in [-0.1, -0.05) is 29.3 Å². The molecule has 0 radical (unpaired) electrons. The molecule has 2 aliphatic carbocycles. The molecular weight excluding hydrogens is 451 g/mol. The summed E-state index contributed by atoms with van der Waals surface area (Å²) in [5.41, 5.74) is 2.36. The molecule has 2 aliphatic rings. The average Bonchev–Trinajstić information content (AvgIpc) is 3.67. The molecular formula is C23H20Cl2N4O3. The molecule has 9 heteroatoms. The van der Waals surface area contributed by atoms with Crippen LogP contribution in [0.2, 0.25) is 10.0 Å². The summed E-state index contributed by atoms with van der Waals surface area (Å²) < 4.78 is 1.42. The summed E-state index contributed by atoms with van der Waals surface area (Å²) in [6.07, 6.45) is 4.02. The third kappa shape index (κ3) is 4.18. The predicted octanol–water partition coefficient (Wildman–Crippen LogP) is 5.41. The van der Waals surface area contributed by atoms with Crippen molar-refractivity contribution < 1.29 is 14.7 Å². The summed E-state index contributed by atoms with van der Waals surface area (Å²) in [6.45, 7) is 0. The highest BCUT2D eigenvalue weighted by molar-refractivity contribution is 6.40. The highest BCUT2D eigenvalue weighted by atomic mass is 35.5. The van der Waals surface area contributed by atoms with Gasteiger partial charge < -0.3 is 15.7 Å². The molecule has 2 fully saturated rings. The van der Waals surface area contributed by atoms with Crippen molar-refractivity contribution in [1.29, 1.82) is 0 Å². The predicted molar refractivity (Wildman–Crippen MR) is 123 cm³/mol. The van der Waals surface area contributed by atoms with E-state index in [1.54, 1.807) is 30.3 Å². The van der Waals surface area contributed by atoms with E-state index in [-0.39, 0.29) is 33.4 Å². The molecule has 0 spiro atoms. The fraction of sp³-hybridized carbons (Fsp3) is 0.261. The highest BCUT2D eigenvalue weighted by Gasteiger charge is 2.32. The fourth-order valence-electron chi connectivity index (χ4n) is 3.56. The van der Waals surface area contributed by atoms with Gasteiger partial charge >= 0.3 is 6.03 Å². The van der Waals surface area contributed by atoms with Crippen molar-refractivity contribution in [2.24, 2.45) is 0 Å². The minimum Gasteiger partial charge on any atom is -0.507 e. The number of halogens is 2. The van der Waals surface area contributed by atoms with Crippen LogP contribution in [0, 0.1) is 0 Å². The first kappa shape index (κ1) is 20.8. The summed E-state index contributed by atoms with van der Waals surface area (Å²) in [7, 11) is 0. The number of rotatable bonds is 5. The van der Waals surface area contributed by atoms with Gasteiger partial charge in [0.05, 0.1) is 27.0 Å². The van der Waals surface area contributed by atoms with Crippen LogP contribution < -0.4 is 10.6 Å². The maximum atomic E-state index is 12.6. The Bertz CT molecular complexity index is 1210. The van der Waals surface area contributed by atoms with Crippen LogP contribution in [0.1, 0.15) is 47.7 Å². The number of hydrogen-bond donors (Lipinski definition) is 3. The van der Waals surface area contributed by atoms with E-state index in [0.29, 0.717) is 22.9 Å². The molecule has 3 N–H and O–H groups in total. The van der Waals surface area contributed by atoms with Gasteiger partial charge in [0.1, 0.15) is 5.75 Å². The lowest BCUT2D eigenvalue weighted by atomic mass is 10.1. The molecule has 1 heterocycles. The Kier molecular flexibility index (Phi) is 5.31. The highest BCUT2D eigenvalue weighted by Crippen LogP contribution is 2.42. The van der Waals surface area contributed by atoms with E-state index < -0.39 is 5.91 Å². The third-order valence-electron chi connectivity index (χ3n) is 5.55. The normalized spacial score (nSPS) is 15.4. The number of amides is 2. The Morgan fingerprint density at radius 1 is 1.03 bits per heavy atom. The van der Waals surface area contributed by atoms with Gasteiger partial charge in [-0.15, -0.1) is 0 Å². The van der Waals surface area contributed by atoms with Gasteiger partial charge in [0.15, 0.2) is 0 Å². The Balaban J connectivity index is 1.40. The Morgan fingerprint density at radius 2 is 1.75 bits per heavy atom. The van der Waals surface area contributed by atoms with Crippen LogP contribution in [0.3, 0.4) is 0 Å². The molecule has 5 rings (SSSR count). The standard InChI is InChI=1S/C23H20Cl2N4O3/c24-16-2-1-3-17(25)21(16)22(31)26-14-8-9-15(20(30)10-14)18-11-19(12-4-5-12)29(28-18)23(32)27-13-6-7-13/h1-3,8-13,30H,4-7H2,(H,26,31)(H,27,32). The average molecular weight is 471 g/mol. The summed E-state index contributed by atoms with van der Waals surface area (Å²) in [6, 6.07) is 11.4. The van der Waals surface area contributed by atoms with Crippen LogP contribution in [-0.2, 0) is 0 Å². The van der Waals surface area contributed by atoms with Crippen LogP contribution in [-0.4, -0.2) is 32.9 Å². The second kappa shape index (κ2) is 8.15. The molecule has 164 valence electrons. The molecule has 1 aromatic heterocycles. The van der Waals surface area contributed by atoms with E-state index in [1.807, 2.05) is 6.07 Å². The van der Waals surface area contributed by atoms with Crippen LogP contribution >= 0.6 is 23.2 Å². The lowest BCUT2D eigenvalue weighted by Gasteiger charge is -2.10. The maximum absolute atomic E-state index is 12.6. The van der Waals surface area contributed by atoms with E-state index >= 15 is 0 Å². The first-order valence-corrected chi connectivity index (χ1v) is 11.2. The van der Waals surface area contributed by atoms with Crippen molar-refractivity contribution in [2.45, 2.75) is 37.6 Å². The number of carbonyl (C=O) groups excluding carboxylic acids is 2. The quantitative estimate of drug-likeness (QED) is 0.464. The second-order valence-corrected chi connectivity index (χ2v) is 8.96. The van der Waals surface area contributed by atoms with Gasteiger partial charge in [0, 0.05) is 29.3 Å². The van der Waals surface area contributed by atoms with E-state index in [0.717, 1.165) is 31.4 Å². The van der Waals surface area contributed by atoms with Crippen molar-refractivity contribution >= 4 is 40.8 Å². The zero-order valence-electron chi connectivity index (χ0n) is 16.9.